The van der Waals surface area contributed by atoms with Gasteiger partial charge in [0.25, 0.3) is 0 Å². The number of anilines is 2. The first-order valence-electron chi connectivity index (χ1n) is 7.39. The fourth-order valence-electron chi connectivity index (χ4n) is 2.63. The van der Waals surface area contributed by atoms with Gasteiger partial charge in [-0.15, -0.1) is 0 Å². The summed E-state index contributed by atoms with van der Waals surface area (Å²) in [6.07, 6.45) is 4.83. The molecule has 1 aliphatic heterocycles. The molecule has 0 aliphatic carbocycles. The maximum Gasteiger partial charge on any atom is 0.246 e. The fraction of sp³-hybridized carbons (Fsp3) is 0.562. The lowest BCUT2D eigenvalue weighted by atomic mass is 9.98. The summed E-state index contributed by atoms with van der Waals surface area (Å²) in [6.45, 7) is 5.71. The van der Waals surface area contributed by atoms with Gasteiger partial charge in [-0.05, 0) is 24.5 Å². The summed E-state index contributed by atoms with van der Waals surface area (Å²) in [5, 5.41) is 3.19. The molecule has 1 unspecified atom stereocenters. The van der Waals surface area contributed by atoms with Gasteiger partial charge in [-0.1, -0.05) is 45.2 Å². The zero-order valence-corrected chi connectivity index (χ0v) is 12.0. The highest BCUT2D eigenvalue weighted by molar-refractivity contribution is 6.02. The van der Waals surface area contributed by atoms with E-state index in [9.17, 15) is 4.79 Å². The predicted octanol–water partition coefficient (Wildman–Crippen LogP) is 3.66. The first kappa shape index (κ1) is 13.9. The van der Waals surface area contributed by atoms with Gasteiger partial charge in [0, 0.05) is 6.54 Å². The molecule has 1 aromatic rings. The predicted molar refractivity (Wildman–Crippen MR) is 80.6 cm³/mol. The number of nitrogens with one attached hydrogen (secondary N) is 1. The highest BCUT2D eigenvalue weighted by atomic mass is 16.2. The Morgan fingerprint density at radius 1 is 1.32 bits per heavy atom. The fourth-order valence-corrected chi connectivity index (χ4v) is 2.63. The smallest absolute Gasteiger partial charge is 0.246 e. The van der Waals surface area contributed by atoms with Crippen LogP contribution in [0.2, 0.25) is 0 Å². The summed E-state index contributed by atoms with van der Waals surface area (Å²) >= 11 is 0. The number of benzene rings is 1. The van der Waals surface area contributed by atoms with Crippen molar-refractivity contribution in [3.63, 3.8) is 0 Å². The maximum atomic E-state index is 12.1. The Hall–Kier alpha value is -1.51. The first-order chi connectivity index (χ1) is 9.26. The van der Waals surface area contributed by atoms with Gasteiger partial charge in [0.05, 0.1) is 17.9 Å². The first-order valence-corrected chi connectivity index (χ1v) is 7.39. The number of nitrogens with zero attached hydrogens (tertiary/aromatic N) is 1. The Kier molecular flexibility index (Phi) is 4.83. The number of fused-ring (bicyclic) bond motifs is 1. The van der Waals surface area contributed by atoms with Gasteiger partial charge in [-0.25, -0.2) is 0 Å². The summed E-state index contributed by atoms with van der Waals surface area (Å²) in [6, 6.07) is 8.08. The Balaban J connectivity index is 2.12. The van der Waals surface area contributed by atoms with Crippen LogP contribution in [0.25, 0.3) is 0 Å². The number of carbonyl (C=O) groups excluding carboxylic acids is 1. The lowest BCUT2D eigenvalue weighted by Crippen LogP contribution is -2.42. The van der Waals surface area contributed by atoms with Gasteiger partial charge in [0.2, 0.25) is 5.91 Å². The molecule has 0 fully saturated rings. The topological polar surface area (TPSA) is 32.3 Å². The van der Waals surface area contributed by atoms with Gasteiger partial charge in [0.1, 0.15) is 0 Å². The molecular formula is C16H24N2O. The second-order valence-corrected chi connectivity index (χ2v) is 5.29. The number of hydrogen-bond acceptors (Lipinski definition) is 2. The molecule has 1 N–H and O–H groups in total. The van der Waals surface area contributed by atoms with Crippen molar-refractivity contribution in [2.75, 3.05) is 23.3 Å². The van der Waals surface area contributed by atoms with E-state index in [1.54, 1.807) is 0 Å². The van der Waals surface area contributed by atoms with E-state index in [1.165, 1.54) is 19.3 Å². The highest BCUT2D eigenvalue weighted by Gasteiger charge is 2.25. The van der Waals surface area contributed by atoms with Crippen molar-refractivity contribution in [2.24, 2.45) is 5.92 Å². The number of hydrogen-bond donors (Lipinski definition) is 1. The Labute approximate surface area is 116 Å². The molecule has 3 nitrogen and oxygen atoms in total. The van der Waals surface area contributed by atoms with Crippen molar-refractivity contribution in [1.82, 2.24) is 0 Å². The molecule has 3 heteroatoms. The number of unbranched alkanes of at least 4 members (excludes halogenated alkanes) is 1. The Bertz CT molecular complexity index is 431. The minimum absolute atomic E-state index is 0.189. The number of carbonyl (C=O) groups is 1. The molecule has 0 saturated heterocycles. The SMILES string of the molecule is CCCCC(CC)CN1C(=O)CNc2ccccc21. The van der Waals surface area contributed by atoms with Gasteiger partial charge in [-0.2, -0.15) is 0 Å². The Morgan fingerprint density at radius 3 is 2.84 bits per heavy atom. The summed E-state index contributed by atoms with van der Waals surface area (Å²) in [7, 11) is 0. The molecule has 0 saturated carbocycles. The summed E-state index contributed by atoms with van der Waals surface area (Å²) < 4.78 is 0. The zero-order chi connectivity index (χ0) is 13.7. The van der Waals surface area contributed by atoms with Crippen LogP contribution >= 0.6 is 0 Å². The van der Waals surface area contributed by atoms with E-state index in [1.807, 2.05) is 29.2 Å². The molecule has 1 amide bonds. The van der Waals surface area contributed by atoms with E-state index in [4.69, 9.17) is 0 Å². The molecular weight excluding hydrogens is 236 g/mol. The lowest BCUT2D eigenvalue weighted by Gasteiger charge is -2.32. The van der Waals surface area contributed by atoms with E-state index >= 15 is 0 Å². The van der Waals surface area contributed by atoms with Crippen LogP contribution in [0.5, 0.6) is 0 Å². The van der Waals surface area contributed by atoms with E-state index in [2.05, 4.69) is 19.2 Å². The van der Waals surface area contributed by atoms with Crippen molar-refractivity contribution in [3.8, 4) is 0 Å². The summed E-state index contributed by atoms with van der Waals surface area (Å²) in [4.78, 5) is 14.1. The maximum absolute atomic E-state index is 12.1. The largest absolute Gasteiger partial charge is 0.374 e. The lowest BCUT2D eigenvalue weighted by molar-refractivity contribution is -0.117. The highest BCUT2D eigenvalue weighted by Crippen LogP contribution is 2.30. The minimum atomic E-state index is 0.189. The molecule has 2 rings (SSSR count). The summed E-state index contributed by atoms with van der Waals surface area (Å²) in [5.41, 5.74) is 2.11. The van der Waals surface area contributed by atoms with E-state index in [0.29, 0.717) is 12.5 Å². The van der Waals surface area contributed by atoms with Crippen LogP contribution in [0, 0.1) is 5.92 Å². The molecule has 0 radical (unpaired) electrons. The summed E-state index contributed by atoms with van der Waals surface area (Å²) in [5.74, 6) is 0.795. The standard InChI is InChI=1S/C16H24N2O/c1-3-5-8-13(4-2)12-18-15-10-7-6-9-14(15)17-11-16(18)19/h6-7,9-10,13,17H,3-5,8,11-12H2,1-2H3. The van der Waals surface area contributed by atoms with Crippen LogP contribution in [0.1, 0.15) is 39.5 Å². The third-order valence-electron chi connectivity index (χ3n) is 3.91. The molecule has 19 heavy (non-hydrogen) atoms. The van der Waals surface area contributed by atoms with Crippen LogP contribution in [-0.2, 0) is 4.79 Å². The average molecular weight is 260 g/mol. The van der Waals surface area contributed by atoms with E-state index in [0.717, 1.165) is 24.3 Å². The van der Waals surface area contributed by atoms with Gasteiger partial charge in [0.15, 0.2) is 0 Å². The second-order valence-electron chi connectivity index (χ2n) is 5.29. The van der Waals surface area contributed by atoms with Crippen LogP contribution < -0.4 is 10.2 Å². The molecule has 0 aromatic heterocycles. The average Bonchev–Trinajstić information content (AvgIpc) is 2.45. The number of para-hydroxylation sites is 2. The van der Waals surface area contributed by atoms with Gasteiger partial charge >= 0.3 is 0 Å². The molecule has 104 valence electrons. The van der Waals surface area contributed by atoms with E-state index in [-0.39, 0.29) is 5.91 Å². The second kappa shape index (κ2) is 6.60. The number of rotatable bonds is 6. The zero-order valence-electron chi connectivity index (χ0n) is 12.0. The molecule has 1 atom stereocenters. The monoisotopic (exact) mass is 260 g/mol. The normalized spacial score (nSPS) is 15.9. The minimum Gasteiger partial charge on any atom is -0.374 e. The number of amides is 1. The van der Waals surface area contributed by atoms with Crippen molar-refractivity contribution in [2.45, 2.75) is 39.5 Å². The molecule has 1 aromatic carbocycles. The third-order valence-corrected chi connectivity index (χ3v) is 3.91. The van der Waals surface area contributed by atoms with Crippen molar-refractivity contribution >= 4 is 17.3 Å². The van der Waals surface area contributed by atoms with E-state index < -0.39 is 0 Å². The Morgan fingerprint density at radius 2 is 2.11 bits per heavy atom. The van der Waals surface area contributed by atoms with Crippen molar-refractivity contribution < 1.29 is 4.79 Å². The molecule has 1 aliphatic rings. The van der Waals surface area contributed by atoms with Gasteiger partial charge < -0.3 is 10.2 Å². The quantitative estimate of drug-likeness (QED) is 0.846. The van der Waals surface area contributed by atoms with Crippen LogP contribution in [0.15, 0.2) is 24.3 Å². The third kappa shape index (κ3) is 3.28. The molecule has 0 bridgehead atoms. The van der Waals surface area contributed by atoms with Crippen molar-refractivity contribution in [1.29, 1.82) is 0 Å². The van der Waals surface area contributed by atoms with Crippen molar-refractivity contribution in [3.05, 3.63) is 24.3 Å². The molecule has 0 spiro atoms. The van der Waals surface area contributed by atoms with Crippen LogP contribution in [0.4, 0.5) is 11.4 Å². The van der Waals surface area contributed by atoms with Crippen LogP contribution in [-0.4, -0.2) is 19.0 Å². The molecule has 1 heterocycles. The van der Waals surface area contributed by atoms with Gasteiger partial charge in [-0.3, -0.25) is 4.79 Å². The van der Waals surface area contributed by atoms with Crippen LogP contribution in [0.3, 0.4) is 0 Å².